The highest BCUT2D eigenvalue weighted by atomic mass is 35.5. The van der Waals surface area contributed by atoms with Gasteiger partial charge in [-0.2, -0.15) is 13.2 Å². The van der Waals surface area contributed by atoms with Crippen molar-refractivity contribution in [2.45, 2.75) is 39.3 Å². The number of anilines is 1. The van der Waals surface area contributed by atoms with E-state index in [1.807, 2.05) is 0 Å². The van der Waals surface area contributed by atoms with Crippen molar-refractivity contribution >= 4 is 34.2 Å². The molecule has 0 saturated heterocycles. The number of carbonyl (C=O) groups is 1. The van der Waals surface area contributed by atoms with Crippen molar-refractivity contribution in [3.63, 3.8) is 0 Å². The summed E-state index contributed by atoms with van der Waals surface area (Å²) in [5.41, 5.74) is 8.01. The fourth-order valence-electron chi connectivity index (χ4n) is 3.88. The molecule has 32 heavy (non-hydrogen) atoms. The van der Waals surface area contributed by atoms with E-state index in [1.54, 1.807) is 26.0 Å². The van der Waals surface area contributed by atoms with E-state index >= 15 is 0 Å². The third kappa shape index (κ3) is 3.86. The lowest BCUT2D eigenvalue weighted by molar-refractivity contribution is -0.137. The minimum Gasteiger partial charge on any atom is -0.383 e. The highest BCUT2D eigenvalue weighted by Gasteiger charge is 2.32. The van der Waals surface area contributed by atoms with Crippen molar-refractivity contribution < 1.29 is 22.7 Å². The number of benzene rings is 1. The summed E-state index contributed by atoms with van der Waals surface area (Å²) in [6.07, 6.45) is -3.71. The molecule has 4 rings (SSSR count). The number of rotatable bonds is 4. The fraction of sp³-hybridized carbons (Fsp3) is 0.318. The Bertz CT molecular complexity index is 1200. The summed E-state index contributed by atoms with van der Waals surface area (Å²) in [7, 11) is 0. The van der Waals surface area contributed by atoms with Crippen LogP contribution in [0.5, 0.6) is 0 Å². The Morgan fingerprint density at radius 2 is 2.00 bits per heavy atom. The second-order valence-corrected chi connectivity index (χ2v) is 7.94. The molecule has 1 aromatic carbocycles. The van der Waals surface area contributed by atoms with Gasteiger partial charge in [0.1, 0.15) is 5.82 Å². The number of amides is 1. The van der Waals surface area contributed by atoms with Crippen molar-refractivity contribution in [1.29, 1.82) is 0 Å². The van der Waals surface area contributed by atoms with E-state index in [2.05, 4.69) is 9.97 Å². The van der Waals surface area contributed by atoms with Crippen molar-refractivity contribution in [2.24, 2.45) is 0 Å². The Morgan fingerprint density at radius 3 is 2.62 bits per heavy atom. The number of fused-ring (bicyclic) bond motifs is 3. The molecule has 0 aliphatic carbocycles. The molecule has 1 amide bonds. The second-order valence-electron chi connectivity index (χ2n) is 7.53. The molecule has 3 aromatic rings. The first-order valence-electron chi connectivity index (χ1n) is 9.94. The van der Waals surface area contributed by atoms with Gasteiger partial charge in [-0.15, -0.1) is 0 Å². The van der Waals surface area contributed by atoms with Crippen LogP contribution in [0, 0.1) is 0 Å². The van der Waals surface area contributed by atoms with Gasteiger partial charge in [-0.05, 0) is 43.7 Å². The predicted octanol–water partition coefficient (Wildman–Crippen LogP) is 5.14. The quantitative estimate of drug-likeness (QED) is 0.578. The van der Waals surface area contributed by atoms with Crippen molar-refractivity contribution in [3.05, 3.63) is 63.4 Å². The maximum absolute atomic E-state index is 13.4. The number of nitrogens with zero attached hydrogens (tertiary/aromatic N) is 3. The van der Waals surface area contributed by atoms with Crippen LogP contribution in [0.2, 0.25) is 5.02 Å². The van der Waals surface area contributed by atoms with Gasteiger partial charge in [-0.25, -0.2) is 4.98 Å². The average molecular weight is 465 g/mol. The maximum Gasteiger partial charge on any atom is 0.417 e. The van der Waals surface area contributed by atoms with Gasteiger partial charge in [0.2, 0.25) is 0 Å². The van der Waals surface area contributed by atoms with E-state index in [1.165, 1.54) is 11.0 Å². The van der Waals surface area contributed by atoms with Gasteiger partial charge in [0.25, 0.3) is 5.91 Å². The Labute approximate surface area is 187 Å². The number of aromatic nitrogens is 2. The first kappa shape index (κ1) is 22.3. The molecule has 1 atom stereocenters. The third-order valence-corrected chi connectivity index (χ3v) is 5.97. The molecular formula is C22H20ClF3N4O2. The summed E-state index contributed by atoms with van der Waals surface area (Å²) >= 11 is 6.42. The number of pyridine rings is 2. The summed E-state index contributed by atoms with van der Waals surface area (Å²) in [5, 5.41) is 0.940. The lowest BCUT2D eigenvalue weighted by Gasteiger charge is -2.28. The molecule has 168 valence electrons. The number of ether oxygens (including phenoxy) is 1. The van der Waals surface area contributed by atoms with Crippen molar-refractivity contribution in [2.75, 3.05) is 12.3 Å². The Morgan fingerprint density at radius 1 is 1.28 bits per heavy atom. The average Bonchev–Trinajstić information content (AvgIpc) is 3.24. The Hall–Kier alpha value is -2.91. The number of nitrogens with two attached hydrogens (primary N) is 1. The number of nitrogen functional groups attached to an aromatic ring is 1. The molecule has 2 aromatic heterocycles. The SMILES string of the molecule is CCN(C(=O)c1cc2c3c(c(N)nc2cc1Cl)COC3)[C@H](C)c1ccc(C(F)(F)F)cn1. The van der Waals surface area contributed by atoms with Crippen LogP contribution in [0.1, 0.15) is 52.6 Å². The smallest absolute Gasteiger partial charge is 0.383 e. The monoisotopic (exact) mass is 464 g/mol. The molecule has 1 aliphatic rings. The lowest BCUT2D eigenvalue weighted by Crippen LogP contribution is -2.34. The molecule has 0 fully saturated rings. The number of carbonyl (C=O) groups excluding carboxylic acids is 1. The van der Waals surface area contributed by atoms with E-state index in [0.717, 1.165) is 28.8 Å². The van der Waals surface area contributed by atoms with Crippen molar-refractivity contribution in [1.82, 2.24) is 14.9 Å². The van der Waals surface area contributed by atoms with Gasteiger partial charge in [0, 0.05) is 23.7 Å². The van der Waals surface area contributed by atoms with Gasteiger partial charge < -0.3 is 15.4 Å². The summed E-state index contributed by atoms with van der Waals surface area (Å²) in [5.74, 6) is 0.00964. The molecule has 3 heterocycles. The number of hydrogen-bond acceptors (Lipinski definition) is 5. The summed E-state index contributed by atoms with van der Waals surface area (Å²) < 4.78 is 44.0. The summed E-state index contributed by atoms with van der Waals surface area (Å²) in [6.45, 7) is 4.50. The zero-order chi connectivity index (χ0) is 23.2. The molecule has 1 aliphatic heterocycles. The highest BCUT2D eigenvalue weighted by molar-refractivity contribution is 6.34. The fourth-order valence-corrected chi connectivity index (χ4v) is 4.12. The van der Waals surface area contributed by atoms with E-state index in [4.69, 9.17) is 22.1 Å². The summed E-state index contributed by atoms with van der Waals surface area (Å²) in [4.78, 5) is 23.2. The lowest BCUT2D eigenvalue weighted by atomic mass is 10.0. The highest BCUT2D eigenvalue weighted by Crippen LogP contribution is 2.35. The number of alkyl halides is 3. The van der Waals surface area contributed by atoms with Crippen LogP contribution >= 0.6 is 11.6 Å². The van der Waals surface area contributed by atoms with Crippen LogP contribution in [-0.2, 0) is 24.1 Å². The first-order valence-corrected chi connectivity index (χ1v) is 10.3. The van der Waals surface area contributed by atoms with Gasteiger partial charge in [-0.3, -0.25) is 9.78 Å². The van der Waals surface area contributed by atoms with Crippen LogP contribution in [0.15, 0.2) is 30.5 Å². The van der Waals surface area contributed by atoms with Crippen molar-refractivity contribution in [3.8, 4) is 0 Å². The number of halogens is 4. The Balaban J connectivity index is 1.70. The van der Waals surface area contributed by atoms with Gasteiger partial charge in [0.05, 0.1) is 46.6 Å². The van der Waals surface area contributed by atoms with Crippen LogP contribution in [0.4, 0.5) is 19.0 Å². The normalized spacial score (nSPS) is 14.4. The van der Waals surface area contributed by atoms with Crippen LogP contribution < -0.4 is 5.73 Å². The molecule has 0 saturated carbocycles. The Kier molecular flexibility index (Phi) is 5.72. The zero-order valence-electron chi connectivity index (χ0n) is 17.3. The molecule has 0 spiro atoms. The molecule has 0 radical (unpaired) electrons. The topological polar surface area (TPSA) is 81.3 Å². The van der Waals surface area contributed by atoms with Gasteiger partial charge >= 0.3 is 6.18 Å². The van der Waals surface area contributed by atoms with Gasteiger partial charge in [-0.1, -0.05) is 11.6 Å². The minimum atomic E-state index is -4.48. The summed E-state index contributed by atoms with van der Waals surface area (Å²) in [6, 6.07) is 4.94. The minimum absolute atomic E-state index is 0.208. The van der Waals surface area contributed by atoms with Crippen LogP contribution in [0.25, 0.3) is 10.9 Å². The van der Waals surface area contributed by atoms with E-state index in [9.17, 15) is 18.0 Å². The number of hydrogen-bond donors (Lipinski definition) is 1. The standard InChI is InChI=1S/C22H20ClF3N4O2/c1-3-30(11(2)18-5-4-12(8-28-18)22(24,25)26)21(31)14-6-13-15-9-32-10-16(15)20(27)29-19(13)7-17(14)23/h4-8,11H,3,9-10H2,1-2H3,(H2,27,29)/t11-/m1/s1. The first-order chi connectivity index (χ1) is 15.1. The van der Waals surface area contributed by atoms with E-state index < -0.39 is 17.8 Å². The van der Waals surface area contributed by atoms with Crippen LogP contribution in [-0.4, -0.2) is 27.3 Å². The molecule has 0 bridgehead atoms. The third-order valence-electron chi connectivity index (χ3n) is 5.66. The zero-order valence-corrected chi connectivity index (χ0v) is 18.1. The van der Waals surface area contributed by atoms with Gasteiger partial charge in [0.15, 0.2) is 0 Å². The molecule has 6 nitrogen and oxygen atoms in total. The van der Waals surface area contributed by atoms with Crippen LogP contribution in [0.3, 0.4) is 0 Å². The molecule has 0 unspecified atom stereocenters. The molecular weight excluding hydrogens is 445 g/mol. The molecule has 2 N–H and O–H groups in total. The van der Waals surface area contributed by atoms with E-state index in [0.29, 0.717) is 36.8 Å². The predicted molar refractivity (Wildman–Crippen MR) is 114 cm³/mol. The van der Waals surface area contributed by atoms with E-state index in [-0.39, 0.29) is 16.5 Å². The largest absolute Gasteiger partial charge is 0.417 e. The second kappa shape index (κ2) is 8.22. The maximum atomic E-state index is 13.4. The molecule has 10 heteroatoms.